The summed E-state index contributed by atoms with van der Waals surface area (Å²) >= 11 is 0. The van der Waals surface area contributed by atoms with Crippen molar-refractivity contribution >= 4 is 5.91 Å². The summed E-state index contributed by atoms with van der Waals surface area (Å²) in [6, 6.07) is 0.447. The highest BCUT2D eigenvalue weighted by molar-refractivity contribution is 5.76. The highest BCUT2D eigenvalue weighted by Crippen LogP contribution is 2.13. The Balaban J connectivity index is 2.13. The van der Waals surface area contributed by atoms with E-state index in [0.29, 0.717) is 11.9 Å². The van der Waals surface area contributed by atoms with E-state index in [0.717, 1.165) is 38.9 Å². The van der Waals surface area contributed by atoms with Crippen LogP contribution in [-0.4, -0.2) is 36.5 Å². The van der Waals surface area contributed by atoms with E-state index in [4.69, 9.17) is 0 Å². The van der Waals surface area contributed by atoms with E-state index in [1.54, 1.807) is 0 Å². The van der Waals surface area contributed by atoms with Crippen LogP contribution in [0.3, 0.4) is 0 Å². The van der Waals surface area contributed by atoms with Crippen molar-refractivity contribution in [2.45, 2.75) is 71.3 Å². The third-order valence-electron chi connectivity index (χ3n) is 3.88. The summed E-state index contributed by atoms with van der Waals surface area (Å²) in [4.78, 5) is 14.2. The Hall–Kier alpha value is -0.570. The van der Waals surface area contributed by atoms with Crippen LogP contribution in [0.1, 0.15) is 65.2 Å². The molecule has 1 aliphatic heterocycles. The van der Waals surface area contributed by atoms with Gasteiger partial charge in [0.15, 0.2) is 0 Å². The van der Waals surface area contributed by atoms with E-state index in [-0.39, 0.29) is 0 Å². The molecule has 1 saturated heterocycles. The monoisotopic (exact) mass is 254 g/mol. The zero-order chi connectivity index (χ0) is 13.2. The van der Waals surface area contributed by atoms with Gasteiger partial charge < -0.3 is 10.2 Å². The molecule has 106 valence electrons. The van der Waals surface area contributed by atoms with E-state index in [1.165, 1.54) is 32.1 Å². The molecule has 1 unspecified atom stereocenters. The normalized spacial score (nSPS) is 19.1. The maximum Gasteiger partial charge on any atom is 0.222 e. The van der Waals surface area contributed by atoms with Gasteiger partial charge >= 0.3 is 0 Å². The number of nitrogens with zero attached hydrogens (tertiary/aromatic N) is 1. The first-order valence-corrected chi connectivity index (χ1v) is 7.79. The van der Waals surface area contributed by atoms with Gasteiger partial charge in [-0.15, -0.1) is 0 Å². The third-order valence-corrected chi connectivity index (χ3v) is 3.88. The topological polar surface area (TPSA) is 32.3 Å². The summed E-state index contributed by atoms with van der Waals surface area (Å²) in [7, 11) is 0. The molecular formula is C15H30N2O. The van der Waals surface area contributed by atoms with Crippen molar-refractivity contribution in [3.05, 3.63) is 0 Å². The lowest BCUT2D eigenvalue weighted by atomic mass is 10.1. The molecule has 1 atom stereocenters. The molecule has 0 aromatic carbocycles. The zero-order valence-electron chi connectivity index (χ0n) is 12.2. The Bertz CT molecular complexity index is 225. The van der Waals surface area contributed by atoms with E-state index in [1.807, 2.05) is 0 Å². The maximum absolute atomic E-state index is 12.1. The first kappa shape index (κ1) is 15.5. The number of carbonyl (C=O) groups excluding carboxylic acids is 1. The molecule has 1 fully saturated rings. The number of nitrogens with one attached hydrogen (secondary N) is 1. The van der Waals surface area contributed by atoms with E-state index in [9.17, 15) is 4.79 Å². The lowest BCUT2D eigenvalue weighted by Gasteiger charge is -2.27. The molecule has 0 saturated carbocycles. The predicted molar refractivity (Wildman–Crippen MR) is 76.7 cm³/mol. The number of rotatable bonds is 9. The van der Waals surface area contributed by atoms with Gasteiger partial charge in [-0.1, -0.05) is 39.0 Å². The Kier molecular flexibility index (Phi) is 8.06. The van der Waals surface area contributed by atoms with Gasteiger partial charge in [-0.05, 0) is 26.3 Å². The second-order valence-corrected chi connectivity index (χ2v) is 5.34. The van der Waals surface area contributed by atoms with Gasteiger partial charge in [-0.2, -0.15) is 0 Å². The highest BCUT2D eigenvalue weighted by Gasteiger charge is 2.24. The molecule has 0 bridgehead atoms. The smallest absolute Gasteiger partial charge is 0.222 e. The minimum absolute atomic E-state index is 0.363. The fourth-order valence-corrected chi connectivity index (χ4v) is 2.74. The number of likely N-dealkylation sites (N-methyl/N-ethyl adjacent to an activating group) is 1. The van der Waals surface area contributed by atoms with Crippen LogP contribution in [0.2, 0.25) is 0 Å². The molecule has 1 heterocycles. The molecule has 1 aliphatic rings. The van der Waals surface area contributed by atoms with Gasteiger partial charge in [-0.3, -0.25) is 4.79 Å². The molecule has 0 spiro atoms. The Morgan fingerprint density at radius 1 is 1.17 bits per heavy atom. The number of amides is 1. The average molecular weight is 254 g/mol. The molecule has 18 heavy (non-hydrogen) atoms. The van der Waals surface area contributed by atoms with E-state index >= 15 is 0 Å². The van der Waals surface area contributed by atoms with Crippen molar-refractivity contribution in [3.8, 4) is 0 Å². The molecular weight excluding hydrogens is 224 g/mol. The molecule has 0 aliphatic carbocycles. The second-order valence-electron chi connectivity index (χ2n) is 5.34. The van der Waals surface area contributed by atoms with Crippen molar-refractivity contribution in [1.82, 2.24) is 10.2 Å². The highest BCUT2D eigenvalue weighted by atomic mass is 16.2. The molecule has 3 heteroatoms. The Morgan fingerprint density at radius 2 is 1.89 bits per heavy atom. The summed E-state index contributed by atoms with van der Waals surface area (Å²) in [5, 5.41) is 3.34. The lowest BCUT2D eigenvalue weighted by molar-refractivity contribution is -0.133. The molecule has 1 rings (SSSR count). The van der Waals surface area contributed by atoms with Crippen molar-refractivity contribution in [2.24, 2.45) is 0 Å². The van der Waals surface area contributed by atoms with Gasteiger partial charge in [0.2, 0.25) is 5.91 Å². The molecule has 0 radical (unpaired) electrons. The molecule has 0 aromatic heterocycles. The number of unbranched alkanes of at least 4 members (excludes halogenated alkanes) is 5. The van der Waals surface area contributed by atoms with Crippen LogP contribution < -0.4 is 5.32 Å². The van der Waals surface area contributed by atoms with Crippen molar-refractivity contribution in [1.29, 1.82) is 0 Å². The predicted octanol–water partition coefficient (Wildman–Crippen LogP) is 2.95. The van der Waals surface area contributed by atoms with Crippen LogP contribution in [0.25, 0.3) is 0 Å². The zero-order valence-corrected chi connectivity index (χ0v) is 12.2. The number of hydrogen-bond donors (Lipinski definition) is 1. The maximum atomic E-state index is 12.1. The van der Waals surface area contributed by atoms with Gasteiger partial charge in [0.25, 0.3) is 0 Å². The summed E-state index contributed by atoms with van der Waals surface area (Å²) in [5.74, 6) is 0.363. The standard InChI is InChI=1S/C15H30N2O/c1-3-5-6-7-8-9-10-15(18)17(4-2)14-11-12-16-13-14/h14,16H,3-13H2,1-2H3. The number of carbonyl (C=O) groups is 1. The Labute approximate surface area is 112 Å². The minimum atomic E-state index is 0.363. The Morgan fingerprint density at radius 3 is 2.50 bits per heavy atom. The van der Waals surface area contributed by atoms with Crippen molar-refractivity contribution < 1.29 is 4.79 Å². The summed E-state index contributed by atoms with van der Waals surface area (Å²) < 4.78 is 0. The molecule has 0 aromatic rings. The molecule has 1 N–H and O–H groups in total. The van der Waals surface area contributed by atoms with Crippen LogP contribution in [0.5, 0.6) is 0 Å². The molecule has 1 amide bonds. The van der Waals surface area contributed by atoms with Gasteiger partial charge in [-0.25, -0.2) is 0 Å². The third kappa shape index (κ3) is 5.38. The van der Waals surface area contributed by atoms with Gasteiger partial charge in [0.05, 0.1) is 0 Å². The summed E-state index contributed by atoms with van der Waals surface area (Å²) in [5.41, 5.74) is 0. The average Bonchev–Trinajstić information content (AvgIpc) is 2.88. The van der Waals surface area contributed by atoms with E-state index in [2.05, 4.69) is 24.1 Å². The molecule has 3 nitrogen and oxygen atoms in total. The second kappa shape index (κ2) is 9.37. The number of hydrogen-bond acceptors (Lipinski definition) is 2. The van der Waals surface area contributed by atoms with Crippen LogP contribution >= 0.6 is 0 Å². The summed E-state index contributed by atoms with van der Waals surface area (Å²) in [6.45, 7) is 7.23. The van der Waals surface area contributed by atoms with Gasteiger partial charge in [0, 0.05) is 25.6 Å². The van der Waals surface area contributed by atoms with Crippen LogP contribution in [0.15, 0.2) is 0 Å². The fraction of sp³-hybridized carbons (Fsp3) is 0.933. The minimum Gasteiger partial charge on any atom is -0.339 e. The fourth-order valence-electron chi connectivity index (χ4n) is 2.74. The van der Waals surface area contributed by atoms with Crippen molar-refractivity contribution in [3.63, 3.8) is 0 Å². The quantitative estimate of drug-likeness (QED) is 0.642. The van der Waals surface area contributed by atoms with Gasteiger partial charge in [0.1, 0.15) is 0 Å². The first-order chi connectivity index (χ1) is 8.79. The van der Waals surface area contributed by atoms with Crippen LogP contribution in [0, 0.1) is 0 Å². The van der Waals surface area contributed by atoms with E-state index < -0.39 is 0 Å². The largest absolute Gasteiger partial charge is 0.339 e. The SMILES string of the molecule is CCCCCCCCC(=O)N(CC)C1CCNC1. The lowest BCUT2D eigenvalue weighted by Crippen LogP contribution is -2.41. The van der Waals surface area contributed by atoms with Crippen molar-refractivity contribution in [2.75, 3.05) is 19.6 Å². The van der Waals surface area contributed by atoms with Crippen LogP contribution in [-0.2, 0) is 4.79 Å². The summed E-state index contributed by atoms with van der Waals surface area (Å²) in [6.07, 6.45) is 9.39. The first-order valence-electron chi connectivity index (χ1n) is 7.79. The van der Waals surface area contributed by atoms with Crippen LogP contribution in [0.4, 0.5) is 0 Å².